The van der Waals surface area contributed by atoms with Crippen LogP contribution in [0.2, 0.25) is 0 Å². The highest BCUT2D eigenvalue weighted by molar-refractivity contribution is 5.89. The average Bonchev–Trinajstić information content (AvgIpc) is 3.12. The second-order valence-electron chi connectivity index (χ2n) is 6.68. The monoisotopic (exact) mass is 344 g/mol. The fourth-order valence-corrected chi connectivity index (χ4v) is 3.32. The molecule has 0 bridgehead atoms. The first-order valence-corrected chi connectivity index (χ1v) is 8.52. The van der Waals surface area contributed by atoms with E-state index in [4.69, 9.17) is 0 Å². The lowest BCUT2D eigenvalue weighted by molar-refractivity contribution is 0.0506. The number of anilines is 1. The van der Waals surface area contributed by atoms with Gasteiger partial charge in [-0.1, -0.05) is 31.0 Å². The molecule has 0 radical (unpaired) electrons. The van der Waals surface area contributed by atoms with Crippen molar-refractivity contribution in [2.75, 3.05) is 11.9 Å². The van der Waals surface area contributed by atoms with Gasteiger partial charge in [-0.25, -0.2) is 9.48 Å². The van der Waals surface area contributed by atoms with Gasteiger partial charge in [0.2, 0.25) is 0 Å². The van der Waals surface area contributed by atoms with Crippen LogP contribution in [-0.4, -0.2) is 32.6 Å². The lowest BCUT2D eigenvalue weighted by Crippen LogP contribution is -2.43. The van der Waals surface area contributed by atoms with E-state index in [1.807, 2.05) is 30.3 Å². The van der Waals surface area contributed by atoms with Crippen molar-refractivity contribution in [2.45, 2.75) is 38.2 Å². The van der Waals surface area contributed by atoms with Gasteiger partial charge in [-0.05, 0) is 31.9 Å². The van der Waals surface area contributed by atoms with Crippen molar-refractivity contribution in [1.29, 1.82) is 0 Å². The number of carbonyl (C=O) groups is 1. The number of nitrogens with one attached hydrogen (secondary N) is 2. The van der Waals surface area contributed by atoms with Crippen molar-refractivity contribution >= 4 is 11.7 Å². The summed E-state index contributed by atoms with van der Waals surface area (Å²) in [5, 5.41) is 15.6. The summed E-state index contributed by atoms with van der Waals surface area (Å²) < 4.78 is 3.22. The maximum atomic E-state index is 12.7. The minimum Gasteiger partial charge on any atom is -0.388 e. The summed E-state index contributed by atoms with van der Waals surface area (Å²) in [6, 6.07) is 8.77. The number of urea groups is 1. The Morgan fingerprint density at radius 2 is 1.88 bits per heavy atom. The standard InChI is InChI=1S/C18H24N4O3/c1-13-15(20-17(24)19-12-18(25)10-6-7-11-18)16(23)22(21(13)2)14-8-4-3-5-9-14/h3-5,8-9,25H,6-7,10-12H2,1-2H3,(H2,19,20,24). The lowest BCUT2D eigenvalue weighted by Gasteiger charge is -2.22. The van der Waals surface area contributed by atoms with Crippen molar-refractivity contribution in [3.63, 3.8) is 0 Å². The van der Waals surface area contributed by atoms with Crippen molar-refractivity contribution < 1.29 is 9.90 Å². The van der Waals surface area contributed by atoms with Gasteiger partial charge in [-0.3, -0.25) is 9.48 Å². The van der Waals surface area contributed by atoms with Gasteiger partial charge in [-0.2, -0.15) is 0 Å². The van der Waals surface area contributed by atoms with Crippen molar-refractivity contribution in [3.8, 4) is 5.69 Å². The number of carbonyl (C=O) groups excluding carboxylic acids is 1. The molecule has 1 heterocycles. The van der Waals surface area contributed by atoms with Crippen LogP contribution in [0.4, 0.5) is 10.5 Å². The summed E-state index contributed by atoms with van der Waals surface area (Å²) in [7, 11) is 1.77. The molecule has 134 valence electrons. The fraction of sp³-hybridized carbons (Fsp3) is 0.444. The SMILES string of the molecule is Cc1c(NC(=O)NCC2(O)CCCC2)c(=O)n(-c2ccccc2)n1C. The normalized spacial score (nSPS) is 16.0. The molecule has 1 aliphatic rings. The van der Waals surface area contributed by atoms with E-state index in [0.29, 0.717) is 18.5 Å². The largest absolute Gasteiger partial charge is 0.388 e. The quantitative estimate of drug-likeness (QED) is 0.792. The van der Waals surface area contributed by atoms with Crippen molar-refractivity contribution in [2.24, 2.45) is 7.05 Å². The zero-order chi connectivity index (χ0) is 18.0. The Bertz CT molecular complexity index is 817. The molecule has 1 aromatic heterocycles. The van der Waals surface area contributed by atoms with E-state index < -0.39 is 11.6 Å². The molecule has 0 atom stereocenters. The summed E-state index contributed by atoms with van der Waals surface area (Å²) in [6.45, 7) is 1.97. The third-order valence-electron chi connectivity index (χ3n) is 4.91. The predicted octanol–water partition coefficient (Wildman–Crippen LogP) is 1.91. The van der Waals surface area contributed by atoms with Gasteiger partial charge in [0.05, 0.1) is 17.0 Å². The molecule has 25 heavy (non-hydrogen) atoms. The van der Waals surface area contributed by atoms with Crippen molar-refractivity contribution in [3.05, 3.63) is 46.4 Å². The molecule has 3 N–H and O–H groups in total. The molecule has 3 rings (SSSR count). The number of amides is 2. The molecule has 1 aromatic carbocycles. The van der Waals surface area contributed by atoms with Crippen LogP contribution in [-0.2, 0) is 7.05 Å². The highest BCUT2D eigenvalue weighted by Gasteiger charge is 2.31. The zero-order valence-corrected chi connectivity index (χ0v) is 14.6. The van der Waals surface area contributed by atoms with Crippen LogP contribution in [0.5, 0.6) is 0 Å². The van der Waals surface area contributed by atoms with E-state index >= 15 is 0 Å². The van der Waals surface area contributed by atoms with E-state index in [9.17, 15) is 14.7 Å². The molecule has 1 saturated carbocycles. The topological polar surface area (TPSA) is 88.3 Å². The van der Waals surface area contributed by atoms with Gasteiger partial charge in [-0.15, -0.1) is 0 Å². The lowest BCUT2D eigenvalue weighted by atomic mass is 10.0. The molecule has 0 aliphatic heterocycles. The van der Waals surface area contributed by atoms with Crippen LogP contribution in [0.1, 0.15) is 31.4 Å². The van der Waals surface area contributed by atoms with Gasteiger partial charge in [0.15, 0.2) is 0 Å². The maximum Gasteiger partial charge on any atom is 0.319 e. The summed E-state index contributed by atoms with van der Waals surface area (Å²) in [5.74, 6) is 0. The second kappa shape index (κ2) is 6.76. The Labute approximate surface area is 146 Å². The number of para-hydroxylation sites is 1. The van der Waals surface area contributed by atoms with Crippen LogP contribution >= 0.6 is 0 Å². The van der Waals surface area contributed by atoms with Gasteiger partial charge < -0.3 is 15.7 Å². The smallest absolute Gasteiger partial charge is 0.319 e. The third kappa shape index (κ3) is 3.46. The van der Waals surface area contributed by atoms with Crippen LogP contribution in [0, 0.1) is 6.92 Å². The highest BCUT2D eigenvalue weighted by atomic mass is 16.3. The molecular weight excluding hydrogens is 320 g/mol. The van der Waals surface area contributed by atoms with Crippen molar-refractivity contribution in [1.82, 2.24) is 14.7 Å². The minimum absolute atomic E-state index is 0.192. The first kappa shape index (κ1) is 17.3. The molecule has 2 amide bonds. The Kier molecular flexibility index (Phi) is 4.67. The van der Waals surface area contributed by atoms with E-state index in [1.54, 1.807) is 18.7 Å². The second-order valence-corrected chi connectivity index (χ2v) is 6.68. The molecule has 1 fully saturated rings. The van der Waals surface area contributed by atoms with Crippen LogP contribution < -0.4 is 16.2 Å². The summed E-state index contributed by atoms with van der Waals surface area (Å²) in [5.41, 5.74) is 0.506. The molecule has 2 aromatic rings. The predicted molar refractivity (Wildman–Crippen MR) is 96.2 cm³/mol. The molecule has 0 unspecified atom stereocenters. The maximum absolute atomic E-state index is 12.7. The van der Waals surface area contributed by atoms with E-state index in [2.05, 4.69) is 10.6 Å². The number of rotatable bonds is 4. The molecule has 1 aliphatic carbocycles. The summed E-state index contributed by atoms with van der Waals surface area (Å²) >= 11 is 0. The van der Waals surface area contributed by atoms with Gasteiger partial charge >= 0.3 is 6.03 Å². The highest BCUT2D eigenvalue weighted by Crippen LogP contribution is 2.28. The van der Waals surface area contributed by atoms with Gasteiger partial charge in [0.1, 0.15) is 5.69 Å². The number of benzene rings is 1. The summed E-state index contributed by atoms with van der Waals surface area (Å²) in [4.78, 5) is 24.9. The van der Waals surface area contributed by atoms with Gasteiger partial charge in [0.25, 0.3) is 5.56 Å². The third-order valence-corrected chi connectivity index (χ3v) is 4.91. The van der Waals surface area contributed by atoms with Gasteiger partial charge in [0, 0.05) is 13.6 Å². The number of hydrogen-bond donors (Lipinski definition) is 3. The molecule has 0 spiro atoms. The minimum atomic E-state index is -0.826. The first-order chi connectivity index (χ1) is 11.9. The fourth-order valence-electron chi connectivity index (χ4n) is 3.32. The Balaban J connectivity index is 1.77. The Morgan fingerprint density at radius 3 is 2.52 bits per heavy atom. The van der Waals surface area contributed by atoms with Crippen LogP contribution in [0.25, 0.3) is 5.69 Å². The first-order valence-electron chi connectivity index (χ1n) is 8.52. The van der Waals surface area contributed by atoms with Crippen LogP contribution in [0.15, 0.2) is 35.1 Å². The molecule has 0 saturated heterocycles. The Hall–Kier alpha value is -2.54. The van der Waals surface area contributed by atoms with E-state index in [0.717, 1.165) is 18.5 Å². The summed E-state index contributed by atoms with van der Waals surface area (Å²) in [6.07, 6.45) is 3.33. The molecular formula is C18H24N4O3. The number of aromatic nitrogens is 2. The molecule has 7 heteroatoms. The van der Waals surface area contributed by atoms with E-state index in [1.165, 1.54) is 4.68 Å². The average molecular weight is 344 g/mol. The van der Waals surface area contributed by atoms with Crippen LogP contribution in [0.3, 0.4) is 0 Å². The zero-order valence-electron chi connectivity index (χ0n) is 14.6. The Morgan fingerprint density at radius 1 is 1.24 bits per heavy atom. The van der Waals surface area contributed by atoms with E-state index in [-0.39, 0.29) is 17.8 Å². The number of aliphatic hydroxyl groups is 1. The molecule has 7 nitrogen and oxygen atoms in total. The number of nitrogens with zero attached hydrogens (tertiary/aromatic N) is 2. The number of hydrogen-bond acceptors (Lipinski definition) is 3.